The van der Waals surface area contributed by atoms with Gasteiger partial charge in [-0.3, -0.25) is 0 Å². The van der Waals surface area contributed by atoms with Gasteiger partial charge in [0.25, 0.3) is 0 Å². The topological polar surface area (TPSA) is 73.9 Å². The Balaban J connectivity index is 2.19. The normalized spacial score (nSPS) is 11.2. The molecule has 0 unspecified atom stereocenters. The molecule has 2 rings (SSSR count). The Kier molecular flexibility index (Phi) is 5.69. The predicted octanol–water partition coefficient (Wildman–Crippen LogP) is 2.50. The molecule has 2 aromatic carbocycles. The smallest absolute Gasteiger partial charge is 0.241 e. The number of sulfonamides is 1. The average Bonchev–Trinajstić information content (AvgIpc) is 2.59. The van der Waals surface area contributed by atoms with Crippen molar-refractivity contribution in [3.63, 3.8) is 0 Å². The first-order valence-electron chi connectivity index (χ1n) is 7.26. The molecule has 0 saturated heterocycles. The van der Waals surface area contributed by atoms with Gasteiger partial charge in [0.15, 0.2) is 11.5 Å². The third kappa shape index (κ3) is 3.98. The van der Waals surface area contributed by atoms with Crippen LogP contribution >= 0.6 is 0 Å². The number of hydrogen-bond donors (Lipinski definition) is 1. The van der Waals surface area contributed by atoms with Gasteiger partial charge >= 0.3 is 0 Å². The second-order valence-corrected chi connectivity index (χ2v) is 6.88. The number of aryl methyl sites for hydroxylation is 1. The van der Waals surface area contributed by atoms with Gasteiger partial charge in [-0.25, -0.2) is 13.1 Å². The van der Waals surface area contributed by atoms with Crippen LogP contribution in [0.3, 0.4) is 0 Å². The van der Waals surface area contributed by atoms with Gasteiger partial charge in [-0.15, -0.1) is 0 Å². The Morgan fingerprint density at radius 2 is 1.62 bits per heavy atom. The van der Waals surface area contributed by atoms with Crippen molar-refractivity contribution >= 4 is 10.0 Å². The lowest BCUT2D eigenvalue weighted by molar-refractivity contribution is 0.354. The average molecular weight is 351 g/mol. The second kappa shape index (κ2) is 7.55. The minimum Gasteiger partial charge on any atom is -0.497 e. The van der Waals surface area contributed by atoms with Gasteiger partial charge in [0, 0.05) is 6.54 Å². The van der Waals surface area contributed by atoms with E-state index in [9.17, 15) is 8.42 Å². The third-order valence-electron chi connectivity index (χ3n) is 3.59. The summed E-state index contributed by atoms with van der Waals surface area (Å²) in [4.78, 5) is 0.226. The first-order valence-corrected chi connectivity index (χ1v) is 8.75. The maximum atomic E-state index is 12.5. The molecule has 0 bridgehead atoms. The minimum absolute atomic E-state index is 0.147. The fourth-order valence-electron chi connectivity index (χ4n) is 2.30. The van der Waals surface area contributed by atoms with Gasteiger partial charge in [0.05, 0.1) is 26.2 Å². The van der Waals surface area contributed by atoms with Crippen LogP contribution < -0.4 is 18.9 Å². The zero-order chi connectivity index (χ0) is 17.7. The van der Waals surface area contributed by atoms with E-state index in [-0.39, 0.29) is 11.4 Å². The van der Waals surface area contributed by atoms with Gasteiger partial charge in [-0.05, 0) is 48.4 Å². The lowest BCUT2D eigenvalue weighted by Crippen LogP contribution is -2.24. The maximum Gasteiger partial charge on any atom is 0.241 e. The summed E-state index contributed by atoms with van der Waals surface area (Å²) in [7, 11) is 0.995. The Bertz CT molecular complexity index is 818. The van der Waals surface area contributed by atoms with Gasteiger partial charge in [-0.1, -0.05) is 6.07 Å². The van der Waals surface area contributed by atoms with Crippen LogP contribution in [0.4, 0.5) is 0 Å². The van der Waals surface area contributed by atoms with Gasteiger partial charge < -0.3 is 14.2 Å². The molecule has 0 spiro atoms. The standard InChI is InChI=1S/C17H21NO5S/c1-12-9-14(21-2)6-8-17(12)24(19,20)18-11-13-5-7-15(22-3)16(10-13)23-4/h5-10,18H,11H2,1-4H3. The molecular formula is C17H21NO5S. The Labute approximate surface area is 142 Å². The van der Waals surface area contributed by atoms with Crippen molar-refractivity contribution in [1.29, 1.82) is 0 Å². The van der Waals surface area contributed by atoms with Gasteiger partial charge in [0.1, 0.15) is 5.75 Å². The highest BCUT2D eigenvalue weighted by Gasteiger charge is 2.17. The van der Waals surface area contributed by atoms with E-state index in [4.69, 9.17) is 14.2 Å². The molecular weight excluding hydrogens is 330 g/mol. The number of rotatable bonds is 7. The summed E-state index contributed by atoms with van der Waals surface area (Å²) in [6, 6.07) is 10.1. The molecule has 0 saturated carbocycles. The number of nitrogens with one attached hydrogen (secondary N) is 1. The first-order chi connectivity index (χ1) is 11.4. The zero-order valence-corrected chi connectivity index (χ0v) is 14.9. The molecule has 0 atom stereocenters. The first kappa shape index (κ1) is 18.1. The van der Waals surface area contributed by atoms with E-state index in [1.165, 1.54) is 20.3 Å². The molecule has 0 radical (unpaired) electrons. The summed E-state index contributed by atoms with van der Waals surface area (Å²) in [5.74, 6) is 1.76. The molecule has 0 aliphatic rings. The highest BCUT2D eigenvalue weighted by Crippen LogP contribution is 2.28. The summed E-state index contributed by atoms with van der Waals surface area (Å²) >= 11 is 0. The third-order valence-corrected chi connectivity index (χ3v) is 5.15. The summed E-state index contributed by atoms with van der Waals surface area (Å²) in [5.41, 5.74) is 1.39. The summed E-state index contributed by atoms with van der Waals surface area (Å²) in [5, 5.41) is 0. The van der Waals surface area contributed by atoms with Crippen molar-refractivity contribution < 1.29 is 22.6 Å². The Morgan fingerprint density at radius 3 is 2.21 bits per heavy atom. The zero-order valence-electron chi connectivity index (χ0n) is 14.1. The molecule has 1 N–H and O–H groups in total. The Hall–Kier alpha value is -2.25. The largest absolute Gasteiger partial charge is 0.497 e. The van der Waals surface area contributed by atoms with Crippen molar-refractivity contribution in [2.24, 2.45) is 0 Å². The highest BCUT2D eigenvalue weighted by atomic mass is 32.2. The fourth-order valence-corrected chi connectivity index (χ4v) is 3.54. The fraction of sp³-hybridized carbons (Fsp3) is 0.294. The highest BCUT2D eigenvalue weighted by molar-refractivity contribution is 7.89. The molecule has 2 aromatic rings. The lowest BCUT2D eigenvalue weighted by atomic mass is 10.2. The minimum atomic E-state index is -3.63. The molecule has 24 heavy (non-hydrogen) atoms. The SMILES string of the molecule is COc1ccc(S(=O)(=O)NCc2ccc(OC)c(OC)c2)c(C)c1. The van der Waals surface area contributed by atoms with Gasteiger partial charge in [-0.2, -0.15) is 0 Å². The van der Waals surface area contributed by atoms with Crippen molar-refractivity contribution in [2.45, 2.75) is 18.4 Å². The lowest BCUT2D eigenvalue weighted by Gasteiger charge is -2.12. The molecule has 0 aliphatic heterocycles. The van der Waals surface area contributed by atoms with E-state index in [0.29, 0.717) is 22.8 Å². The van der Waals surface area contributed by atoms with Crippen LogP contribution in [0.15, 0.2) is 41.3 Å². The molecule has 0 aromatic heterocycles. The molecule has 130 valence electrons. The van der Waals surface area contributed by atoms with Crippen molar-refractivity contribution in [3.8, 4) is 17.2 Å². The van der Waals surface area contributed by atoms with E-state index < -0.39 is 10.0 Å². The summed E-state index contributed by atoms with van der Waals surface area (Å²) in [6.45, 7) is 1.88. The van der Waals surface area contributed by atoms with E-state index >= 15 is 0 Å². The van der Waals surface area contributed by atoms with Crippen LogP contribution in [0.2, 0.25) is 0 Å². The van der Waals surface area contributed by atoms with Crippen molar-refractivity contribution in [3.05, 3.63) is 47.5 Å². The van der Waals surface area contributed by atoms with E-state index in [1.54, 1.807) is 44.4 Å². The Morgan fingerprint density at radius 1 is 0.917 bits per heavy atom. The van der Waals surface area contributed by atoms with Crippen LogP contribution in [0.5, 0.6) is 17.2 Å². The van der Waals surface area contributed by atoms with Crippen molar-refractivity contribution in [2.75, 3.05) is 21.3 Å². The molecule has 0 amide bonds. The van der Waals surface area contributed by atoms with Crippen LogP contribution in [-0.4, -0.2) is 29.7 Å². The molecule has 7 heteroatoms. The van der Waals surface area contributed by atoms with Crippen LogP contribution in [0.1, 0.15) is 11.1 Å². The molecule has 0 aliphatic carbocycles. The molecule has 0 fully saturated rings. The van der Waals surface area contributed by atoms with Crippen LogP contribution in [-0.2, 0) is 16.6 Å². The number of hydrogen-bond acceptors (Lipinski definition) is 5. The number of ether oxygens (including phenoxy) is 3. The molecule has 0 heterocycles. The van der Waals surface area contributed by atoms with E-state index in [2.05, 4.69) is 4.72 Å². The van der Waals surface area contributed by atoms with Crippen LogP contribution in [0.25, 0.3) is 0 Å². The number of methoxy groups -OCH3 is 3. The van der Waals surface area contributed by atoms with E-state index in [1.807, 2.05) is 0 Å². The predicted molar refractivity (Wildman–Crippen MR) is 91.3 cm³/mol. The second-order valence-electron chi connectivity index (χ2n) is 5.15. The number of benzene rings is 2. The monoisotopic (exact) mass is 351 g/mol. The maximum absolute atomic E-state index is 12.5. The summed E-state index contributed by atoms with van der Waals surface area (Å²) in [6.07, 6.45) is 0. The van der Waals surface area contributed by atoms with Crippen LogP contribution in [0, 0.1) is 6.92 Å². The van der Waals surface area contributed by atoms with E-state index in [0.717, 1.165) is 5.56 Å². The molecule has 6 nitrogen and oxygen atoms in total. The quantitative estimate of drug-likeness (QED) is 0.830. The van der Waals surface area contributed by atoms with Crippen molar-refractivity contribution in [1.82, 2.24) is 4.72 Å². The van der Waals surface area contributed by atoms with Gasteiger partial charge in [0.2, 0.25) is 10.0 Å². The summed E-state index contributed by atoms with van der Waals surface area (Å²) < 4.78 is 43.1.